The molecule has 0 aliphatic carbocycles. The van der Waals surface area contributed by atoms with Crippen molar-refractivity contribution in [2.45, 2.75) is 51.5 Å². The fraction of sp³-hybridized carbons (Fsp3) is 0.667. The van der Waals surface area contributed by atoms with E-state index in [1.54, 1.807) is 26.8 Å². The average Bonchev–Trinajstić information content (AvgIpc) is 2.14. The molecule has 5 nitrogen and oxygen atoms in total. The first-order valence-electron chi connectivity index (χ1n) is 5.59. The van der Waals surface area contributed by atoms with Crippen LogP contribution < -0.4 is 0 Å². The lowest BCUT2D eigenvalue weighted by molar-refractivity contribution is -0.190. The molecule has 0 bridgehead atoms. The van der Waals surface area contributed by atoms with Crippen molar-refractivity contribution < 1.29 is 19.4 Å². The first kappa shape index (κ1) is 13.7. The standard InChI is InChI=1S/C12H19NO4/c1-5-6-8-7-9(14)13(8)10(15)11(16)17-12(2,3)4/h5,8,10,15H,1,6-7H2,2-4H3. The lowest BCUT2D eigenvalue weighted by atomic mass is 9.98. The first-order chi connectivity index (χ1) is 7.76. The van der Waals surface area contributed by atoms with Crippen LogP contribution >= 0.6 is 0 Å². The Kier molecular flexibility index (Phi) is 3.93. The molecule has 96 valence electrons. The summed E-state index contributed by atoms with van der Waals surface area (Å²) in [6.07, 6.45) is 1.05. The summed E-state index contributed by atoms with van der Waals surface area (Å²) in [6.45, 7) is 8.69. The molecule has 0 aromatic rings. The highest BCUT2D eigenvalue weighted by molar-refractivity contribution is 5.88. The molecule has 0 aromatic carbocycles. The van der Waals surface area contributed by atoms with Gasteiger partial charge in [0.15, 0.2) is 0 Å². The van der Waals surface area contributed by atoms with Gasteiger partial charge >= 0.3 is 5.97 Å². The highest BCUT2D eigenvalue weighted by Gasteiger charge is 2.43. The quantitative estimate of drug-likeness (QED) is 0.449. The SMILES string of the molecule is C=CCC1CC(=O)N1C(O)C(=O)OC(C)(C)C. The minimum absolute atomic E-state index is 0.150. The summed E-state index contributed by atoms with van der Waals surface area (Å²) in [5.41, 5.74) is -0.681. The number of ether oxygens (including phenoxy) is 1. The van der Waals surface area contributed by atoms with Crippen LogP contribution in [-0.4, -0.2) is 39.8 Å². The van der Waals surface area contributed by atoms with Gasteiger partial charge in [-0.3, -0.25) is 4.79 Å². The number of hydrogen-bond donors (Lipinski definition) is 1. The summed E-state index contributed by atoms with van der Waals surface area (Å²) in [4.78, 5) is 24.1. The van der Waals surface area contributed by atoms with Crippen LogP contribution in [0.4, 0.5) is 0 Å². The van der Waals surface area contributed by atoms with Crippen molar-refractivity contribution in [3.05, 3.63) is 12.7 Å². The van der Waals surface area contributed by atoms with Crippen molar-refractivity contribution in [2.24, 2.45) is 0 Å². The first-order valence-corrected chi connectivity index (χ1v) is 5.59. The number of amides is 1. The molecule has 1 aliphatic heterocycles. The number of carbonyl (C=O) groups is 2. The zero-order valence-electron chi connectivity index (χ0n) is 10.5. The monoisotopic (exact) mass is 241 g/mol. The second-order valence-electron chi connectivity index (χ2n) is 5.09. The van der Waals surface area contributed by atoms with E-state index in [1.807, 2.05) is 0 Å². The van der Waals surface area contributed by atoms with Gasteiger partial charge in [-0.25, -0.2) is 4.79 Å². The molecule has 1 fully saturated rings. The van der Waals surface area contributed by atoms with E-state index in [-0.39, 0.29) is 11.9 Å². The van der Waals surface area contributed by atoms with E-state index in [2.05, 4.69) is 6.58 Å². The van der Waals surface area contributed by atoms with Gasteiger partial charge in [0.05, 0.1) is 0 Å². The van der Waals surface area contributed by atoms with Gasteiger partial charge in [-0.05, 0) is 27.2 Å². The highest BCUT2D eigenvalue weighted by Crippen LogP contribution is 2.25. The van der Waals surface area contributed by atoms with E-state index >= 15 is 0 Å². The molecule has 5 heteroatoms. The molecule has 1 heterocycles. The van der Waals surface area contributed by atoms with Gasteiger partial charge in [0.1, 0.15) is 5.60 Å². The number of hydrogen-bond acceptors (Lipinski definition) is 4. The normalized spacial score (nSPS) is 21.8. The second kappa shape index (κ2) is 4.87. The molecular weight excluding hydrogens is 222 g/mol. The van der Waals surface area contributed by atoms with Crippen LogP contribution in [0.1, 0.15) is 33.6 Å². The zero-order valence-corrected chi connectivity index (χ0v) is 10.5. The zero-order chi connectivity index (χ0) is 13.2. The molecule has 1 N–H and O–H groups in total. The summed E-state index contributed by atoms with van der Waals surface area (Å²) >= 11 is 0. The number of nitrogens with zero attached hydrogens (tertiary/aromatic N) is 1. The molecule has 2 atom stereocenters. The summed E-state index contributed by atoms with van der Waals surface area (Å²) in [5, 5.41) is 9.76. The fourth-order valence-corrected chi connectivity index (χ4v) is 1.69. The second-order valence-corrected chi connectivity index (χ2v) is 5.09. The van der Waals surface area contributed by atoms with Crippen LogP contribution in [-0.2, 0) is 14.3 Å². The molecule has 1 aliphatic rings. The molecule has 0 radical (unpaired) electrons. The van der Waals surface area contributed by atoms with Crippen molar-refractivity contribution in [2.75, 3.05) is 0 Å². The van der Waals surface area contributed by atoms with E-state index in [1.165, 1.54) is 0 Å². The smallest absolute Gasteiger partial charge is 0.357 e. The van der Waals surface area contributed by atoms with Gasteiger partial charge < -0.3 is 14.7 Å². The molecule has 0 aromatic heterocycles. The Bertz CT molecular complexity index is 330. The van der Waals surface area contributed by atoms with E-state index < -0.39 is 17.8 Å². The topological polar surface area (TPSA) is 66.8 Å². The van der Waals surface area contributed by atoms with Gasteiger partial charge in [0.25, 0.3) is 0 Å². The number of carbonyl (C=O) groups excluding carboxylic acids is 2. The van der Waals surface area contributed by atoms with Crippen molar-refractivity contribution >= 4 is 11.9 Å². The van der Waals surface area contributed by atoms with E-state index in [9.17, 15) is 14.7 Å². The van der Waals surface area contributed by atoms with Crippen LogP contribution in [0, 0.1) is 0 Å². The van der Waals surface area contributed by atoms with Crippen LogP contribution in [0.2, 0.25) is 0 Å². The summed E-state index contributed by atoms with van der Waals surface area (Å²) in [6, 6.07) is -0.150. The van der Waals surface area contributed by atoms with E-state index in [0.717, 1.165) is 4.90 Å². The lowest BCUT2D eigenvalue weighted by Gasteiger charge is -2.42. The molecule has 1 amide bonds. The van der Waals surface area contributed by atoms with Crippen molar-refractivity contribution in [3.8, 4) is 0 Å². The van der Waals surface area contributed by atoms with E-state index in [0.29, 0.717) is 12.8 Å². The van der Waals surface area contributed by atoms with Crippen LogP contribution in [0.5, 0.6) is 0 Å². The number of β-lactam (4-membered cyclic amide) rings is 1. The maximum atomic E-state index is 11.6. The number of aliphatic hydroxyl groups excluding tert-OH is 1. The fourth-order valence-electron chi connectivity index (χ4n) is 1.69. The van der Waals surface area contributed by atoms with Gasteiger partial charge in [-0.15, -0.1) is 6.58 Å². The molecule has 17 heavy (non-hydrogen) atoms. The van der Waals surface area contributed by atoms with Gasteiger partial charge in [-0.2, -0.15) is 0 Å². The summed E-state index contributed by atoms with van der Waals surface area (Å²) < 4.78 is 5.02. The number of aliphatic hydroxyl groups is 1. The van der Waals surface area contributed by atoms with E-state index in [4.69, 9.17) is 4.74 Å². The number of likely N-dealkylation sites (tertiary alicyclic amines) is 1. The average molecular weight is 241 g/mol. The number of esters is 1. The minimum atomic E-state index is -1.51. The molecular formula is C12H19NO4. The Morgan fingerprint density at radius 3 is 2.71 bits per heavy atom. The predicted molar refractivity (Wildman–Crippen MR) is 61.9 cm³/mol. The molecule has 2 unspecified atom stereocenters. The van der Waals surface area contributed by atoms with Gasteiger partial charge in [0.2, 0.25) is 12.1 Å². The summed E-state index contributed by atoms with van der Waals surface area (Å²) in [7, 11) is 0. The molecule has 0 spiro atoms. The third kappa shape index (κ3) is 3.30. The molecule has 1 saturated heterocycles. The minimum Gasteiger partial charge on any atom is -0.457 e. The largest absolute Gasteiger partial charge is 0.457 e. The Labute approximate surface area is 101 Å². The Balaban J connectivity index is 2.62. The maximum Gasteiger partial charge on any atom is 0.357 e. The van der Waals surface area contributed by atoms with Crippen molar-refractivity contribution in [3.63, 3.8) is 0 Å². The van der Waals surface area contributed by atoms with Crippen molar-refractivity contribution in [1.82, 2.24) is 4.90 Å². The van der Waals surface area contributed by atoms with Crippen LogP contribution in [0.15, 0.2) is 12.7 Å². The van der Waals surface area contributed by atoms with Gasteiger partial charge in [0, 0.05) is 12.5 Å². The lowest BCUT2D eigenvalue weighted by Crippen LogP contribution is -2.60. The van der Waals surface area contributed by atoms with Crippen molar-refractivity contribution in [1.29, 1.82) is 0 Å². The van der Waals surface area contributed by atoms with Crippen LogP contribution in [0.25, 0.3) is 0 Å². The third-order valence-corrected chi connectivity index (χ3v) is 2.41. The number of rotatable bonds is 4. The predicted octanol–water partition coefficient (Wildman–Crippen LogP) is 0.823. The molecule has 0 saturated carbocycles. The maximum absolute atomic E-state index is 11.6. The highest BCUT2D eigenvalue weighted by atomic mass is 16.6. The van der Waals surface area contributed by atoms with Gasteiger partial charge in [-0.1, -0.05) is 6.08 Å². The Morgan fingerprint density at radius 1 is 1.71 bits per heavy atom. The molecule has 1 rings (SSSR count). The summed E-state index contributed by atoms with van der Waals surface area (Å²) in [5.74, 6) is -1.03. The van der Waals surface area contributed by atoms with Crippen LogP contribution in [0.3, 0.4) is 0 Å². The Hall–Kier alpha value is -1.36. The third-order valence-electron chi connectivity index (χ3n) is 2.41. The Morgan fingerprint density at radius 2 is 2.29 bits per heavy atom.